The van der Waals surface area contributed by atoms with Crippen molar-refractivity contribution in [2.75, 3.05) is 39.4 Å². The first-order chi connectivity index (χ1) is 17.9. The monoisotopic (exact) mass is 512 g/mol. The van der Waals surface area contributed by atoms with E-state index < -0.39 is 17.9 Å². The Balaban J connectivity index is 1.71. The first-order valence-electron chi connectivity index (χ1n) is 13.1. The van der Waals surface area contributed by atoms with Crippen LogP contribution >= 0.6 is 0 Å². The van der Waals surface area contributed by atoms with Crippen LogP contribution in [0.3, 0.4) is 0 Å². The molecule has 2 aromatic rings. The van der Waals surface area contributed by atoms with Crippen LogP contribution in [0.15, 0.2) is 42.5 Å². The summed E-state index contributed by atoms with van der Waals surface area (Å²) in [7, 11) is 0. The van der Waals surface area contributed by atoms with Crippen LogP contribution in [0, 0.1) is 11.8 Å². The predicted molar refractivity (Wildman–Crippen MR) is 142 cm³/mol. The Kier molecular flexibility index (Phi) is 11.3. The van der Waals surface area contributed by atoms with Crippen molar-refractivity contribution in [3.63, 3.8) is 0 Å². The highest BCUT2D eigenvalue weighted by Crippen LogP contribution is 2.21. The maximum Gasteiger partial charge on any atom is 0.244 e. The van der Waals surface area contributed by atoms with Gasteiger partial charge in [-0.3, -0.25) is 24.5 Å². The van der Waals surface area contributed by atoms with E-state index in [1.165, 1.54) is 0 Å². The fourth-order valence-corrected chi connectivity index (χ4v) is 4.77. The molecular weight excluding hydrogens is 472 g/mol. The molecule has 0 radical (unpaired) electrons. The summed E-state index contributed by atoms with van der Waals surface area (Å²) >= 11 is 0. The molecule has 0 spiro atoms. The van der Waals surface area contributed by atoms with Crippen LogP contribution in [0.2, 0.25) is 0 Å². The van der Waals surface area contributed by atoms with E-state index in [1.54, 1.807) is 5.48 Å². The molecule has 0 saturated carbocycles. The van der Waals surface area contributed by atoms with E-state index in [2.05, 4.69) is 15.5 Å². The molecular formula is C28H40N4O5. The van der Waals surface area contributed by atoms with Crippen LogP contribution in [0.25, 0.3) is 10.8 Å². The van der Waals surface area contributed by atoms with Gasteiger partial charge in [0, 0.05) is 38.4 Å². The lowest BCUT2D eigenvalue weighted by Gasteiger charge is -2.27. The smallest absolute Gasteiger partial charge is 0.244 e. The van der Waals surface area contributed by atoms with Gasteiger partial charge in [0.25, 0.3) is 0 Å². The van der Waals surface area contributed by atoms with Crippen molar-refractivity contribution in [1.82, 2.24) is 21.0 Å². The van der Waals surface area contributed by atoms with E-state index in [4.69, 9.17) is 9.94 Å². The van der Waals surface area contributed by atoms with Gasteiger partial charge in [0.15, 0.2) is 0 Å². The standard InChI is InChI=1S/C28H40N4O5/c1-20(2)17-23(19-26(33)31-36)27(34)30-25(18-22-9-5-8-21-7-3-4-10-24(21)22)28(35)29-11-6-12-32-13-15-37-16-14-32/h3-5,7-10,20,23,25,36H,6,11-19H2,1-2H3,(H,29,35)(H,30,34)(H,31,33)/t23-,25+/m1/s1. The highest BCUT2D eigenvalue weighted by atomic mass is 16.5. The van der Waals surface area contributed by atoms with E-state index in [9.17, 15) is 14.4 Å². The number of rotatable bonds is 13. The van der Waals surface area contributed by atoms with E-state index in [0.717, 1.165) is 55.6 Å². The summed E-state index contributed by atoms with van der Waals surface area (Å²) < 4.78 is 5.38. The van der Waals surface area contributed by atoms with Gasteiger partial charge in [-0.05, 0) is 41.6 Å². The van der Waals surface area contributed by atoms with Gasteiger partial charge in [0.2, 0.25) is 17.7 Å². The average Bonchev–Trinajstić information content (AvgIpc) is 2.90. The van der Waals surface area contributed by atoms with Crippen LogP contribution < -0.4 is 16.1 Å². The number of ether oxygens (including phenoxy) is 1. The van der Waals surface area contributed by atoms with Crippen molar-refractivity contribution in [3.8, 4) is 0 Å². The third kappa shape index (κ3) is 9.10. The van der Waals surface area contributed by atoms with Crippen LogP contribution in [0.4, 0.5) is 0 Å². The first kappa shape index (κ1) is 28.6. The van der Waals surface area contributed by atoms with Gasteiger partial charge >= 0.3 is 0 Å². The highest BCUT2D eigenvalue weighted by Gasteiger charge is 2.28. The number of nitrogens with one attached hydrogen (secondary N) is 3. The third-order valence-corrected chi connectivity index (χ3v) is 6.67. The van der Waals surface area contributed by atoms with Gasteiger partial charge in [-0.25, -0.2) is 5.48 Å². The topological polar surface area (TPSA) is 120 Å². The molecule has 1 fully saturated rings. The molecule has 37 heavy (non-hydrogen) atoms. The number of hydrogen-bond donors (Lipinski definition) is 4. The zero-order valence-electron chi connectivity index (χ0n) is 21.9. The number of benzene rings is 2. The van der Waals surface area contributed by atoms with Crippen molar-refractivity contribution in [3.05, 3.63) is 48.0 Å². The highest BCUT2D eigenvalue weighted by molar-refractivity contribution is 5.92. The van der Waals surface area contributed by atoms with Crippen LogP contribution in [0.1, 0.15) is 38.7 Å². The fraction of sp³-hybridized carbons (Fsp3) is 0.536. The Morgan fingerprint density at radius 3 is 2.49 bits per heavy atom. The zero-order valence-corrected chi connectivity index (χ0v) is 21.9. The molecule has 0 unspecified atom stereocenters. The Morgan fingerprint density at radius 1 is 1.03 bits per heavy atom. The predicted octanol–water partition coefficient (Wildman–Crippen LogP) is 2.26. The van der Waals surface area contributed by atoms with Crippen molar-refractivity contribution >= 4 is 28.5 Å². The molecule has 0 aromatic heterocycles. The second-order valence-electron chi connectivity index (χ2n) is 10.1. The number of carbonyl (C=O) groups is 3. The molecule has 9 nitrogen and oxygen atoms in total. The fourth-order valence-electron chi connectivity index (χ4n) is 4.77. The van der Waals surface area contributed by atoms with Crippen LogP contribution in [-0.2, 0) is 25.5 Å². The number of carbonyl (C=O) groups excluding carboxylic acids is 3. The Bertz CT molecular complexity index is 1030. The molecule has 3 amide bonds. The lowest BCUT2D eigenvalue weighted by atomic mass is 9.92. The SMILES string of the molecule is CC(C)C[C@H](CC(=O)NO)C(=O)N[C@@H](Cc1cccc2ccccc12)C(=O)NCCCN1CCOCC1. The molecule has 1 heterocycles. The first-order valence-corrected chi connectivity index (χ1v) is 13.1. The molecule has 3 rings (SSSR count). The van der Waals surface area contributed by atoms with Crippen molar-refractivity contribution in [2.24, 2.45) is 11.8 Å². The molecule has 202 valence electrons. The van der Waals surface area contributed by atoms with Crippen molar-refractivity contribution in [2.45, 2.75) is 45.6 Å². The summed E-state index contributed by atoms with van der Waals surface area (Å²) in [4.78, 5) is 40.7. The number of amides is 3. The Morgan fingerprint density at radius 2 is 1.76 bits per heavy atom. The normalized spacial score (nSPS) is 15.8. The number of fused-ring (bicyclic) bond motifs is 1. The van der Waals surface area contributed by atoms with E-state index >= 15 is 0 Å². The summed E-state index contributed by atoms with van der Waals surface area (Å²) in [5.74, 6) is -1.74. The van der Waals surface area contributed by atoms with Gasteiger partial charge < -0.3 is 15.4 Å². The minimum absolute atomic E-state index is 0.150. The van der Waals surface area contributed by atoms with Gasteiger partial charge in [-0.2, -0.15) is 0 Å². The van der Waals surface area contributed by atoms with E-state index in [0.29, 0.717) is 19.4 Å². The molecule has 1 saturated heterocycles. The van der Waals surface area contributed by atoms with Gasteiger partial charge in [-0.15, -0.1) is 0 Å². The maximum absolute atomic E-state index is 13.3. The minimum Gasteiger partial charge on any atom is -0.379 e. The maximum atomic E-state index is 13.3. The minimum atomic E-state index is -0.798. The van der Waals surface area contributed by atoms with Crippen molar-refractivity contribution < 1.29 is 24.3 Å². The zero-order chi connectivity index (χ0) is 26.6. The Labute approximate surface area is 218 Å². The molecule has 0 aliphatic carbocycles. The lowest BCUT2D eigenvalue weighted by Crippen LogP contribution is -2.50. The molecule has 1 aliphatic rings. The summed E-state index contributed by atoms with van der Waals surface area (Å²) in [6.07, 6.45) is 1.43. The summed E-state index contributed by atoms with van der Waals surface area (Å²) in [5.41, 5.74) is 2.57. The lowest BCUT2D eigenvalue weighted by molar-refractivity contribution is -0.136. The molecule has 9 heteroatoms. The second kappa shape index (κ2) is 14.7. The Hall–Kier alpha value is -3.01. The number of nitrogens with zero attached hydrogens (tertiary/aromatic N) is 1. The number of hydrogen-bond acceptors (Lipinski definition) is 6. The number of hydroxylamine groups is 1. The molecule has 2 aromatic carbocycles. The van der Waals surface area contributed by atoms with Gasteiger partial charge in [0.1, 0.15) is 6.04 Å². The number of morpholine rings is 1. The molecule has 4 N–H and O–H groups in total. The average molecular weight is 513 g/mol. The van der Waals surface area contributed by atoms with E-state index in [-0.39, 0.29) is 24.2 Å². The second-order valence-corrected chi connectivity index (χ2v) is 10.1. The molecule has 2 atom stereocenters. The van der Waals surface area contributed by atoms with Crippen LogP contribution in [0.5, 0.6) is 0 Å². The molecule has 0 bridgehead atoms. The summed E-state index contributed by atoms with van der Waals surface area (Å²) in [6, 6.07) is 13.1. The van der Waals surface area contributed by atoms with Crippen molar-refractivity contribution in [1.29, 1.82) is 0 Å². The van der Waals surface area contributed by atoms with E-state index in [1.807, 2.05) is 56.3 Å². The summed E-state index contributed by atoms with van der Waals surface area (Å²) in [6.45, 7) is 8.56. The van der Waals surface area contributed by atoms with Gasteiger partial charge in [-0.1, -0.05) is 56.3 Å². The van der Waals surface area contributed by atoms with Gasteiger partial charge in [0.05, 0.1) is 13.2 Å². The quantitative estimate of drug-likeness (QED) is 0.186. The summed E-state index contributed by atoms with van der Waals surface area (Å²) in [5, 5.41) is 17.0. The third-order valence-electron chi connectivity index (χ3n) is 6.67. The van der Waals surface area contributed by atoms with Crippen LogP contribution in [-0.4, -0.2) is 73.3 Å². The molecule has 1 aliphatic heterocycles. The largest absolute Gasteiger partial charge is 0.379 e.